The third-order valence-corrected chi connectivity index (χ3v) is 4.43. The zero-order valence-corrected chi connectivity index (χ0v) is 14.9. The van der Waals surface area contributed by atoms with Gasteiger partial charge in [-0.3, -0.25) is 0 Å². The Bertz CT molecular complexity index is 506. The Labute approximate surface area is 155 Å². The van der Waals surface area contributed by atoms with Crippen LogP contribution in [0.1, 0.15) is 13.8 Å². The van der Waals surface area contributed by atoms with Crippen molar-refractivity contribution in [1.82, 2.24) is 0 Å². The van der Waals surface area contributed by atoms with Crippen molar-refractivity contribution in [2.45, 2.75) is 81.3 Å². The van der Waals surface area contributed by atoms with Crippen LogP contribution >= 0.6 is 0 Å². The lowest BCUT2D eigenvalue weighted by Crippen LogP contribution is -2.67. The van der Waals surface area contributed by atoms with Gasteiger partial charge < -0.3 is 55.3 Å². The summed E-state index contributed by atoms with van der Waals surface area (Å²) in [6.45, 7) is 2.59. The van der Waals surface area contributed by atoms with Crippen LogP contribution in [-0.2, 0) is 23.7 Å². The van der Waals surface area contributed by atoms with Gasteiger partial charge in [-0.1, -0.05) is 0 Å². The summed E-state index contributed by atoms with van der Waals surface area (Å²) in [7, 11) is 0. The molecule has 0 radical (unpaired) electrons. The van der Waals surface area contributed by atoms with Gasteiger partial charge in [0.2, 0.25) is 0 Å². The molecule has 0 saturated carbocycles. The summed E-state index contributed by atoms with van der Waals surface area (Å²) in [6, 6.07) is -1.29. The minimum Gasteiger partial charge on any atom is -0.479 e. The van der Waals surface area contributed by atoms with Gasteiger partial charge in [0.25, 0.3) is 0 Å². The summed E-state index contributed by atoms with van der Waals surface area (Å²) in [5.41, 5.74) is 5.73. The molecule has 2 heterocycles. The highest BCUT2D eigenvalue weighted by Gasteiger charge is 2.52. The van der Waals surface area contributed by atoms with E-state index < -0.39 is 80.0 Å². The molecule has 0 aromatic heterocycles. The Morgan fingerprint density at radius 3 is 2.22 bits per heavy atom. The summed E-state index contributed by atoms with van der Waals surface area (Å²) >= 11 is 0. The average Bonchev–Trinajstić information content (AvgIpc) is 2.60. The van der Waals surface area contributed by atoms with E-state index >= 15 is 0 Å². The number of carbonyl (C=O) groups is 1. The van der Waals surface area contributed by atoms with Gasteiger partial charge in [-0.25, -0.2) is 4.79 Å². The Morgan fingerprint density at radius 1 is 1.07 bits per heavy atom. The summed E-state index contributed by atoms with van der Waals surface area (Å²) in [4.78, 5) is 11.5. The molecule has 2 aliphatic heterocycles. The quantitative estimate of drug-likeness (QED) is 0.230. The molecule has 0 aromatic carbocycles. The number of carboxylic acid groups (broad SMARTS) is 1. The molecule has 10 unspecified atom stereocenters. The molecule has 158 valence electrons. The second-order valence-electron chi connectivity index (χ2n) is 6.81. The summed E-state index contributed by atoms with van der Waals surface area (Å²) in [5.74, 6) is -1.45. The Morgan fingerprint density at radius 2 is 1.70 bits per heavy atom. The van der Waals surface area contributed by atoms with Crippen molar-refractivity contribution in [3.05, 3.63) is 0 Å². The van der Waals surface area contributed by atoms with E-state index in [1.54, 1.807) is 13.8 Å². The molecule has 12 heteroatoms. The molecule has 27 heavy (non-hydrogen) atoms. The highest BCUT2D eigenvalue weighted by Crippen LogP contribution is 2.29. The van der Waals surface area contributed by atoms with Gasteiger partial charge in [0.1, 0.15) is 36.6 Å². The van der Waals surface area contributed by atoms with Crippen molar-refractivity contribution < 1.29 is 54.4 Å². The highest BCUT2D eigenvalue weighted by molar-refractivity contribution is 5.73. The molecule has 2 fully saturated rings. The molecule has 0 spiro atoms. The summed E-state index contributed by atoms with van der Waals surface area (Å²) < 4.78 is 20.9. The number of rotatable bonds is 6. The van der Waals surface area contributed by atoms with Gasteiger partial charge in [0.15, 0.2) is 18.7 Å². The molecule has 0 amide bonds. The Balaban J connectivity index is 2.18. The van der Waals surface area contributed by atoms with Crippen LogP contribution in [0.4, 0.5) is 0 Å². The number of aliphatic carboxylic acids is 1. The number of hydrogen-bond acceptors (Lipinski definition) is 11. The van der Waals surface area contributed by atoms with Crippen molar-refractivity contribution in [3.63, 3.8) is 0 Å². The molecule has 2 saturated heterocycles. The first kappa shape index (κ1) is 22.4. The van der Waals surface area contributed by atoms with Crippen LogP contribution in [0.15, 0.2) is 0 Å². The van der Waals surface area contributed by atoms with Crippen molar-refractivity contribution in [1.29, 1.82) is 0 Å². The SMILES string of the molecule is CC(C)OC1C(C(=O)O)OC(OC2C(N)C(O)OC(CO)C2O)C(O)C1O. The topological polar surface area (TPSA) is 201 Å². The third kappa shape index (κ3) is 4.74. The summed E-state index contributed by atoms with van der Waals surface area (Å²) in [6.07, 6.45) is -14.3. The average molecular weight is 397 g/mol. The molecule has 8 N–H and O–H groups in total. The van der Waals surface area contributed by atoms with Crippen LogP contribution in [-0.4, -0.2) is 111 Å². The Hall–Kier alpha value is -0.930. The fourth-order valence-corrected chi connectivity index (χ4v) is 3.04. The van der Waals surface area contributed by atoms with Crippen LogP contribution in [0.25, 0.3) is 0 Å². The number of hydrogen-bond donors (Lipinski definition) is 7. The maximum absolute atomic E-state index is 11.5. The zero-order chi connectivity index (χ0) is 20.5. The van der Waals surface area contributed by atoms with E-state index in [-0.39, 0.29) is 0 Å². The minimum absolute atomic E-state index is 0.453. The van der Waals surface area contributed by atoms with E-state index in [0.29, 0.717) is 0 Å². The predicted octanol–water partition coefficient (Wildman–Crippen LogP) is -3.91. The van der Waals surface area contributed by atoms with E-state index in [1.807, 2.05) is 0 Å². The van der Waals surface area contributed by atoms with Gasteiger partial charge in [-0.05, 0) is 13.8 Å². The smallest absolute Gasteiger partial charge is 0.335 e. The number of ether oxygens (including phenoxy) is 4. The largest absolute Gasteiger partial charge is 0.479 e. The lowest BCUT2D eigenvalue weighted by molar-refractivity contribution is -0.339. The summed E-state index contributed by atoms with van der Waals surface area (Å²) in [5, 5.41) is 59.1. The second kappa shape index (κ2) is 9.05. The van der Waals surface area contributed by atoms with Gasteiger partial charge >= 0.3 is 5.97 Å². The monoisotopic (exact) mass is 397 g/mol. The van der Waals surface area contributed by atoms with Crippen molar-refractivity contribution >= 4 is 5.97 Å². The highest BCUT2D eigenvalue weighted by atomic mass is 16.7. The molecule has 2 rings (SSSR count). The molecular weight excluding hydrogens is 370 g/mol. The first-order chi connectivity index (χ1) is 12.6. The molecule has 12 nitrogen and oxygen atoms in total. The normalized spacial score (nSPS) is 45.8. The fraction of sp³-hybridized carbons (Fsp3) is 0.933. The van der Waals surface area contributed by atoms with Crippen molar-refractivity contribution in [3.8, 4) is 0 Å². The van der Waals surface area contributed by atoms with E-state index in [2.05, 4.69) is 0 Å². The minimum atomic E-state index is -1.73. The van der Waals surface area contributed by atoms with Crippen LogP contribution in [0, 0.1) is 0 Å². The van der Waals surface area contributed by atoms with E-state index in [0.717, 1.165) is 0 Å². The molecule has 0 aliphatic carbocycles. The maximum Gasteiger partial charge on any atom is 0.335 e. The van der Waals surface area contributed by atoms with E-state index in [1.165, 1.54) is 0 Å². The third-order valence-electron chi connectivity index (χ3n) is 4.43. The zero-order valence-electron chi connectivity index (χ0n) is 14.9. The van der Waals surface area contributed by atoms with E-state index in [9.17, 15) is 35.4 Å². The molecule has 10 atom stereocenters. The van der Waals surface area contributed by atoms with Gasteiger partial charge in [0, 0.05) is 0 Å². The second-order valence-corrected chi connectivity index (χ2v) is 6.81. The molecular formula is C15H27NO11. The van der Waals surface area contributed by atoms with Crippen LogP contribution in [0.3, 0.4) is 0 Å². The number of carboxylic acids is 1. The first-order valence-electron chi connectivity index (χ1n) is 8.51. The van der Waals surface area contributed by atoms with Gasteiger partial charge in [0.05, 0.1) is 18.8 Å². The van der Waals surface area contributed by atoms with Crippen LogP contribution in [0.5, 0.6) is 0 Å². The molecule has 0 aromatic rings. The van der Waals surface area contributed by atoms with Gasteiger partial charge in [-0.2, -0.15) is 0 Å². The van der Waals surface area contributed by atoms with Crippen LogP contribution in [0.2, 0.25) is 0 Å². The standard InChI is InChI=1S/C15H27NO11/c1-4(2)24-11-8(19)9(20)15(27-12(11)13(21)22)26-10-6(16)14(23)25-5(3-17)7(10)18/h4-12,14-15,17-20,23H,3,16H2,1-2H3,(H,21,22). The number of nitrogens with two attached hydrogens (primary N) is 1. The Kier molecular flexibility index (Phi) is 7.49. The lowest BCUT2D eigenvalue weighted by atomic mass is 9.96. The van der Waals surface area contributed by atoms with Crippen molar-refractivity contribution in [2.24, 2.45) is 5.73 Å². The number of aliphatic hydroxyl groups excluding tert-OH is 5. The predicted molar refractivity (Wildman–Crippen MR) is 85.1 cm³/mol. The first-order valence-corrected chi connectivity index (χ1v) is 8.51. The number of aliphatic hydroxyl groups is 5. The van der Waals surface area contributed by atoms with E-state index in [4.69, 9.17) is 24.7 Å². The molecule has 0 bridgehead atoms. The van der Waals surface area contributed by atoms with Gasteiger partial charge in [-0.15, -0.1) is 0 Å². The van der Waals surface area contributed by atoms with Crippen LogP contribution < -0.4 is 5.73 Å². The fourth-order valence-electron chi connectivity index (χ4n) is 3.04. The van der Waals surface area contributed by atoms with Crippen molar-refractivity contribution in [2.75, 3.05) is 6.61 Å². The molecule has 2 aliphatic rings. The maximum atomic E-state index is 11.5. The lowest BCUT2D eigenvalue weighted by Gasteiger charge is -2.46.